The molecule has 50 valence electrons. The zero-order chi connectivity index (χ0) is 7.11. The van der Waals surface area contributed by atoms with Crippen LogP contribution in [0, 0.1) is 0 Å². The summed E-state index contributed by atoms with van der Waals surface area (Å²) in [5.74, 6) is 0.646. The molecule has 0 fully saturated rings. The molecule has 0 aromatic rings. The first kappa shape index (κ1) is 7.82. The molecule has 0 saturated heterocycles. The molecule has 0 radical (unpaired) electrons. The highest BCUT2D eigenvalue weighted by Gasteiger charge is 1.73. The molecule has 0 aliphatic heterocycles. The van der Waals surface area contributed by atoms with Crippen LogP contribution in [0.1, 0.15) is 0 Å². The fraction of sp³-hybridized carbons (Fsp3) is 0.143. The van der Waals surface area contributed by atoms with Crippen LogP contribution in [0.4, 0.5) is 0 Å². The summed E-state index contributed by atoms with van der Waals surface area (Å²) < 4.78 is 0. The van der Waals surface area contributed by atoms with Crippen LogP contribution >= 0.6 is 0 Å². The fourth-order valence-corrected chi connectivity index (χ4v) is 0.321. The molecule has 0 aromatic carbocycles. The summed E-state index contributed by atoms with van der Waals surface area (Å²) in [6, 6.07) is 0. The van der Waals surface area contributed by atoms with Crippen molar-refractivity contribution in [3.8, 4) is 0 Å². The first-order valence-electron chi connectivity index (χ1n) is 2.74. The second-order valence-electron chi connectivity index (χ2n) is 1.49. The van der Waals surface area contributed by atoms with E-state index in [4.69, 9.17) is 5.73 Å². The molecule has 0 atom stereocenters. The van der Waals surface area contributed by atoms with Gasteiger partial charge in [0.15, 0.2) is 0 Å². The summed E-state index contributed by atoms with van der Waals surface area (Å²) >= 11 is 0. The Balaban J connectivity index is 3.67. The van der Waals surface area contributed by atoms with Crippen molar-refractivity contribution < 1.29 is 0 Å². The van der Waals surface area contributed by atoms with Gasteiger partial charge in [0.25, 0.3) is 0 Å². The molecule has 0 bridgehead atoms. The minimum absolute atomic E-state index is 0.646. The van der Waals surface area contributed by atoms with Gasteiger partial charge in [-0.2, -0.15) is 0 Å². The topological polar surface area (TPSA) is 38.0 Å². The maximum absolute atomic E-state index is 5.38. The predicted molar refractivity (Wildman–Crippen MR) is 40.7 cm³/mol. The van der Waals surface area contributed by atoms with E-state index in [2.05, 4.69) is 11.9 Å². The SMILES string of the molecule is C=C/C=C\C=C(/N)NC. The van der Waals surface area contributed by atoms with Crippen LogP contribution in [-0.4, -0.2) is 7.05 Å². The van der Waals surface area contributed by atoms with E-state index >= 15 is 0 Å². The number of rotatable bonds is 3. The first-order valence-corrected chi connectivity index (χ1v) is 2.74. The largest absolute Gasteiger partial charge is 0.386 e. The number of hydrogen-bond donors (Lipinski definition) is 2. The molecule has 9 heavy (non-hydrogen) atoms. The Kier molecular flexibility index (Phi) is 4.32. The van der Waals surface area contributed by atoms with E-state index in [0.29, 0.717) is 5.82 Å². The van der Waals surface area contributed by atoms with Gasteiger partial charge in [-0.25, -0.2) is 0 Å². The summed E-state index contributed by atoms with van der Waals surface area (Å²) in [6.07, 6.45) is 7.09. The maximum atomic E-state index is 5.38. The summed E-state index contributed by atoms with van der Waals surface area (Å²) in [6.45, 7) is 3.51. The lowest BCUT2D eigenvalue weighted by atomic mass is 10.4. The molecule has 0 aliphatic carbocycles. The van der Waals surface area contributed by atoms with Gasteiger partial charge in [-0.1, -0.05) is 24.8 Å². The lowest BCUT2D eigenvalue weighted by Gasteiger charge is -1.93. The van der Waals surface area contributed by atoms with Gasteiger partial charge in [0.1, 0.15) is 0 Å². The molecular weight excluding hydrogens is 112 g/mol. The van der Waals surface area contributed by atoms with Gasteiger partial charge >= 0.3 is 0 Å². The second-order valence-corrected chi connectivity index (χ2v) is 1.49. The molecule has 2 nitrogen and oxygen atoms in total. The van der Waals surface area contributed by atoms with E-state index in [9.17, 15) is 0 Å². The third-order valence-corrected chi connectivity index (χ3v) is 0.812. The van der Waals surface area contributed by atoms with E-state index in [1.807, 2.05) is 12.2 Å². The predicted octanol–water partition coefficient (Wildman–Crippen LogP) is 0.748. The fourth-order valence-electron chi connectivity index (χ4n) is 0.321. The normalized spacial score (nSPS) is 11.9. The van der Waals surface area contributed by atoms with Crippen molar-refractivity contribution in [1.82, 2.24) is 5.32 Å². The molecule has 0 heterocycles. The first-order chi connectivity index (χ1) is 4.31. The highest BCUT2D eigenvalue weighted by molar-refractivity contribution is 5.12. The molecule has 0 rings (SSSR count). The smallest absolute Gasteiger partial charge is 0.0957 e. The van der Waals surface area contributed by atoms with E-state index in [1.165, 1.54) is 0 Å². The number of hydrogen-bond acceptors (Lipinski definition) is 2. The van der Waals surface area contributed by atoms with E-state index in [-0.39, 0.29) is 0 Å². The molecule has 2 heteroatoms. The monoisotopic (exact) mass is 124 g/mol. The Morgan fingerprint density at radius 1 is 1.56 bits per heavy atom. The van der Waals surface area contributed by atoms with Gasteiger partial charge in [0.05, 0.1) is 5.82 Å². The molecule has 0 spiro atoms. The minimum atomic E-state index is 0.646. The molecular formula is C7H12N2. The molecule has 0 saturated carbocycles. The zero-order valence-corrected chi connectivity index (χ0v) is 5.59. The van der Waals surface area contributed by atoms with Crippen LogP contribution < -0.4 is 11.1 Å². The van der Waals surface area contributed by atoms with Gasteiger partial charge in [-0.05, 0) is 6.08 Å². The maximum Gasteiger partial charge on any atom is 0.0957 e. The summed E-state index contributed by atoms with van der Waals surface area (Å²) in [5, 5.41) is 2.78. The Morgan fingerprint density at radius 2 is 2.22 bits per heavy atom. The van der Waals surface area contributed by atoms with Crippen molar-refractivity contribution in [2.75, 3.05) is 7.05 Å². The van der Waals surface area contributed by atoms with Crippen molar-refractivity contribution in [2.45, 2.75) is 0 Å². The highest BCUT2D eigenvalue weighted by atomic mass is 14.9. The zero-order valence-electron chi connectivity index (χ0n) is 5.59. The second kappa shape index (κ2) is 4.97. The quantitative estimate of drug-likeness (QED) is 0.545. The van der Waals surface area contributed by atoms with Crippen LogP contribution in [0.3, 0.4) is 0 Å². The molecule has 0 aromatic heterocycles. The van der Waals surface area contributed by atoms with Gasteiger partial charge in [-0.15, -0.1) is 0 Å². The van der Waals surface area contributed by atoms with Crippen LogP contribution in [0.25, 0.3) is 0 Å². The van der Waals surface area contributed by atoms with Crippen molar-refractivity contribution >= 4 is 0 Å². The number of nitrogens with one attached hydrogen (secondary N) is 1. The van der Waals surface area contributed by atoms with E-state index in [1.54, 1.807) is 19.2 Å². The summed E-state index contributed by atoms with van der Waals surface area (Å²) in [5.41, 5.74) is 5.38. The van der Waals surface area contributed by atoms with Gasteiger partial charge in [0, 0.05) is 7.05 Å². The average Bonchev–Trinajstić information content (AvgIpc) is 1.89. The third-order valence-electron chi connectivity index (χ3n) is 0.812. The Hall–Kier alpha value is -1.18. The highest BCUT2D eigenvalue weighted by Crippen LogP contribution is 1.78. The van der Waals surface area contributed by atoms with Crippen molar-refractivity contribution in [2.24, 2.45) is 5.73 Å². The van der Waals surface area contributed by atoms with Crippen LogP contribution in [0.5, 0.6) is 0 Å². The Labute approximate surface area is 55.7 Å². The van der Waals surface area contributed by atoms with Crippen LogP contribution in [0.15, 0.2) is 36.7 Å². The van der Waals surface area contributed by atoms with Crippen molar-refractivity contribution in [1.29, 1.82) is 0 Å². The summed E-state index contributed by atoms with van der Waals surface area (Å²) in [7, 11) is 1.77. The van der Waals surface area contributed by atoms with Gasteiger partial charge in [0.2, 0.25) is 0 Å². The standard InChI is InChI=1S/C7H12N2/c1-3-4-5-6-7(8)9-2/h3-6,9H,1,8H2,2H3/b5-4-,7-6+. The third kappa shape index (κ3) is 4.68. The molecule has 0 unspecified atom stereocenters. The summed E-state index contributed by atoms with van der Waals surface area (Å²) in [4.78, 5) is 0. The minimum Gasteiger partial charge on any atom is -0.386 e. The lowest BCUT2D eigenvalue weighted by Crippen LogP contribution is -2.13. The number of nitrogens with two attached hydrogens (primary N) is 1. The number of allylic oxidation sites excluding steroid dienone is 4. The molecule has 0 amide bonds. The van der Waals surface area contributed by atoms with Gasteiger partial charge < -0.3 is 11.1 Å². The molecule has 0 aliphatic rings. The van der Waals surface area contributed by atoms with Crippen molar-refractivity contribution in [3.63, 3.8) is 0 Å². The molecule has 3 N–H and O–H groups in total. The van der Waals surface area contributed by atoms with E-state index < -0.39 is 0 Å². The van der Waals surface area contributed by atoms with Crippen LogP contribution in [0.2, 0.25) is 0 Å². The Bertz CT molecular complexity index is 134. The lowest BCUT2D eigenvalue weighted by molar-refractivity contribution is 0.966. The Morgan fingerprint density at radius 3 is 2.67 bits per heavy atom. The average molecular weight is 124 g/mol. The van der Waals surface area contributed by atoms with Crippen molar-refractivity contribution in [3.05, 3.63) is 36.7 Å². The van der Waals surface area contributed by atoms with Gasteiger partial charge in [-0.3, -0.25) is 0 Å². The van der Waals surface area contributed by atoms with E-state index in [0.717, 1.165) is 0 Å². The van der Waals surface area contributed by atoms with Crippen LogP contribution in [-0.2, 0) is 0 Å².